The second kappa shape index (κ2) is 10.6. The Balaban J connectivity index is 1.71. The van der Waals surface area contributed by atoms with E-state index in [2.05, 4.69) is 11.4 Å². The fraction of sp³-hybridized carbons (Fsp3) is 0.280. The van der Waals surface area contributed by atoms with E-state index >= 15 is 0 Å². The van der Waals surface area contributed by atoms with Crippen LogP contribution in [-0.2, 0) is 13.2 Å². The zero-order valence-electron chi connectivity index (χ0n) is 17.1. The number of quaternary nitrogens is 1. The molecule has 29 heavy (non-hydrogen) atoms. The van der Waals surface area contributed by atoms with Gasteiger partial charge < -0.3 is 19.9 Å². The summed E-state index contributed by atoms with van der Waals surface area (Å²) < 4.78 is 12.0. The summed E-state index contributed by atoms with van der Waals surface area (Å²) in [5.41, 5.74) is 3.10. The van der Waals surface area contributed by atoms with Crippen molar-refractivity contribution in [3.63, 3.8) is 0 Å². The van der Waals surface area contributed by atoms with Crippen LogP contribution in [0.3, 0.4) is 0 Å². The number of nitrogens with two attached hydrogens (primary N) is 1. The molecule has 152 valence electrons. The molecular formula is C25H30NO3+. The van der Waals surface area contributed by atoms with Gasteiger partial charge in [-0.3, -0.25) is 0 Å². The fourth-order valence-corrected chi connectivity index (χ4v) is 3.28. The van der Waals surface area contributed by atoms with Crippen LogP contribution in [0.2, 0.25) is 0 Å². The summed E-state index contributed by atoms with van der Waals surface area (Å²) in [4.78, 5) is 0. The van der Waals surface area contributed by atoms with E-state index in [-0.39, 0.29) is 6.04 Å². The van der Waals surface area contributed by atoms with Crippen molar-refractivity contribution >= 4 is 0 Å². The van der Waals surface area contributed by atoms with Crippen molar-refractivity contribution in [1.82, 2.24) is 0 Å². The SMILES string of the molecule is CCOc1cccc(C[NH2+][C@@H](C)[C@@H](O)c2ccccc2)c1OCc1ccccc1. The second-order valence-corrected chi connectivity index (χ2v) is 7.11. The van der Waals surface area contributed by atoms with Gasteiger partial charge in [0.15, 0.2) is 11.5 Å². The van der Waals surface area contributed by atoms with E-state index in [0.717, 1.165) is 28.2 Å². The highest BCUT2D eigenvalue weighted by molar-refractivity contribution is 5.46. The Bertz CT molecular complexity index is 868. The molecule has 0 radical (unpaired) electrons. The molecule has 3 N–H and O–H groups in total. The highest BCUT2D eigenvalue weighted by atomic mass is 16.5. The molecular weight excluding hydrogens is 362 g/mol. The summed E-state index contributed by atoms with van der Waals surface area (Å²) in [7, 11) is 0. The molecule has 0 unspecified atom stereocenters. The van der Waals surface area contributed by atoms with Crippen LogP contribution in [0.5, 0.6) is 11.5 Å². The minimum Gasteiger partial charge on any atom is -0.490 e. The Labute approximate surface area is 173 Å². The number of benzene rings is 3. The normalized spacial score (nSPS) is 12.9. The van der Waals surface area contributed by atoms with Crippen molar-refractivity contribution in [2.24, 2.45) is 0 Å². The Morgan fingerprint density at radius 2 is 1.55 bits per heavy atom. The molecule has 0 bridgehead atoms. The molecule has 0 fully saturated rings. The molecule has 3 rings (SSSR count). The first-order chi connectivity index (χ1) is 14.2. The molecule has 0 aliphatic heterocycles. The summed E-state index contributed by atoms with van der Waals surface area (Å²) in [6.45, 7) is 5.76. The van der Waals surface area contributed by atoms with E-state index in [1.807, 2.05) is 86.6 Å². The number of para-hydroxylation sites is 1. The minimum absolute atomic E-state index is 0.00937. The Morgan fingerprint density at radius 1 is 0.862 bits per heavy atom. The van der Waals surface area contributed by atoms with Crippen LogP contribution in [0.15, 0.2) is 78.9 Å². The average molecular weight is 393 g/mol. The molecule has 0 aromatic heterocycles. The van der Waals surface area contributed by atoms with E-state index in [9.17, 15) is 5.11 Å². The number of hydrogen-bond donors (Lipinski definition) is 2. The van der Waals surface area contributed by atoms with Gasteiger partial charge in [0, 0.05) is 0 Å². The van der Waals surface area contributed by atoms with E-state index < -0.39 is 6.10 Å². The summed E-state index contributed by atoms with van der Waals surface area (Å²) in [6.07, 6.45) is -0.528. The van der Waals surface area contributed by atoms with Crippen LogP contribution in [0.4, 0.5) is 0 Å². The summed E-state index contributed by atoms with van der Waals surface area (Å²) >= 11 is 0. The lowest BCUT2D eigenvalue weighted by Gasteiger charge is -2.20. The van der Waals surface area contributed by atoms with Crippen LogP contribution in [0, 0.1) is 0 Å². The fourth-order valence-electron chi connectivity index (χ4n) is 3.28. The number of rotatable bonds is 10. The van der Waals surface area contributed by atoms with Gasteiger partial charge in [-0.15, -0.1) is 0 Å². The van der Waals surface area contributed by atoms with Gasteiger partial charge in [0.1, 0.15) is 25.3 Å². The van der Waals surface area contributed by atoms with Crippen LogP contribution in [0.25, 0.3) is 0 Å². The molecule has 2 atom stereocenters. The summed E-state index contributed by atoms with van der Waals surface area (Å²) in [6, 6.07) is 25.9. The van der Waals surface area contributed by atoms with Gasteiger partial charge in [-0.05, 0) is 37.1 Å². The van der Waals surface area contributed by atoms with Gasteiger partial charge in [0.2, 0.25) is 0 Å². The third-order valence-corrected chi connectivity index (χ3v) is 4.93. The second-order valence-electron chi connectivity index (χ2n) is 7.11. The van der Waals surface area contributed by atoms with Crippen LogP contribution in [0.1, 0.15) is 36.6 Å². The van der Waals surface area contributed by atoms with Crippen molar-refractivity contribution in [2.75, 3.05) is 6.61 Å². The zero-order chi connectivity index (χ0) is 20.5. The van der Waals surface area contributed by atoms with Crippen LogP contribution >= 0.6 is 0 Å². The third-order valence-electron chi connectivity index (χ3n) is 4.93. The van der Waals surface area contributed by atoms with Crippen molar-refractivity contribution in [1.29, 1.82) is 0 Å². The van der Waals surface area contributed by atoms with Gasteiger partial charge in [0.05, 0.1) is 12.2 Å². The summed E-state index contributed by atoms with van der Waals surface area (Å²) in [5, 5.41) is 12.8. The molecule has 4 nitrogen and oxygen atoms in total. The lowest BCUT2D eigenvalue weighted by atomic mass is 10.0. The predicted octanol–water partition coefficient (Wildman–Crippen LogP) is 3.85. The van der Waals surface area contributed by atoms with E-state index in [1.165, 1.54) is 0 Å². The molecule has 0 amide bonds. The van der Waals surface area contributed by atoms with Gasteiger partial charge in [-0.2, -0.15) is 0 Å². The van der Waals surface area contributed by atoms with Crippen molar-refractivity contribution in [3.05, 3.63) is 95.6 Å². The smallest absolute Gasteiger partial charge is 0.170 e. The number of aliphatic hydroxyl groups excluding tert-OH is 1. The Hall–Kier alpha value is -2.82. The molecule has 3 aromatic rings. The lowest BCUT2D eigenvalue weighted by Crippen LogP contribution is -2.89. The molecule has 4 heteroatoms. The van der Waals surface area contributed by atoms with Gasteiger partial charge in [-0.1, -0.05) is 66.7 Å². The average Bonchev–Trinajstić information content (AvgIpc) is 2.77. The third kappa shape index (κ3) is 5.83. The van der Waals surface area contributed by atoms with Gasteiger partial charge in [-0.25, -0.2) is 0 Å². The first-order valence-corrected chi connectivity index (χ1v) is 10.2. The summed E-state index contributed by atoms with van der Waals surface area (Å²) in [5.74, 6) is 1.53. The maximum absolute atomic E-state index is 10.6. The van der Waals surface area contributed by atoms with Crippen LogP contribution < -0.4 is 14.8 Å². The Kier molecular flexibility index (Phi) is 7.68. The van der Waals surface area contributed by atoms with Gasteiger partial charge in [0.25, 0.3) is 0 Å². The molecule has 0 saturated heterocycles. The van der Waals surface area contributed by atoms with Crippen LogP contribution in [-0.4, -0.2) is 17.8 Å². The standard InChI is InChI=1S/C25H29NO3/c1-3-28-23-16-10-15-22(25(23)29-18-20-11-6-4-7-12-20)17-26-19(2)24(27)21-13-8-5-9-14-21/h4-16,19,24,26-27H,3,17-18H2,1-2H3/p+1/t19-,24+/m0/s1. The number of ether oxygens (including phenoxy) is 2. The minimum atomic E-state index is -0.528. The number of hydrogen-bond acceptors (Lipinski definition) is 3. The highest BCUT2D eigenvalue weighted by Crippen LogP contribution is 2.32. The predicted molar refractivity (Wildman–Crippen MR) is 115 cm³/mol. The maximum Gasteiger partial charge on any atom is 0.170 e. The molecule has 0 saturated carbocycles. The quantitative estimate of drug-likeness (QED) is 0.551. The molecule has 0 spiro atoms. The largest absolute Gasteiger partial charge is 0.490 e. The topological polar surface area (TPSA) is 55.3 Å². The first kappa shape index (κ1) is 20.9. The maximum atomic E-state index is 10.6. The van der Waals surface area contributed by atoms with Crippen molar-refractivity contribution in [2.45, 2.75) is 39.1 Å². The molecule has 3 aromatic carbocycles. The number of aliphatic hydroxyl groups is 1. The lowest BCUT2D eigenvalue weighted by molar-refractivity contribution is -0.709. The highest BCUT2D eigenvalue weighted by Gasteiger charge is 2.20. The molecule has 0 heterocycles. The van der Waals surface area contributed by atoms with E-state index in [0.29, 0.717) is 19.8 Å². The molecule has 0 aliphatic carbocycles. The van der Waals surface area contributed by atoms with E-state index in [1.54, 1.807) is 0 Å². The van der Waals surface area contributed by atoms with E-state index in [4.69, 9.17) is 9.47 Å². The molecule has 0 aliphatic rings. The Morgan fingerprint density at radius 3 is 2.24 bits per heavy atom. The monoisotopic (exact) mass is 392 g/mol. The van der Waals surface area contributed by atoms with Crippen molar-refractivity contribution < 1.29 is 19.9 Å². The first-order valence-electron chi connectivity index (χ1n) is 10.2. The van der Waals surface area contributed by atoms with Gasteiger partial charge >= 0.3 is 0 Å². The van der Waals surface area contributed by atoms with Crippen molar-refractivity contribution in [3.8, 4) is 11.5 Å². The zero-order valence-corrected chi connectivity index (χ0v) is 17.1.